The molecule has 0 saturated heterocycles. The molecule has 0 aliphatic carbocycles. The fraction of sp³-hybridized carbons (Fsp3) is 0.222. The number of esters is 1. The van der Waals surface area contributed by atoms with E-state index in [1.807, 2.05) is 0 Å². The zero-order chi connectivity index (χ0) is 10.6. The number of carbonyl (C=O) groups is 1. The molecule has 0 amide bonds. The number of benzene rings is 1. The maximum atomic E-state index is 11.7. The summed E-state index contributed by atoms with van der Waals surface area (Å²) >= 11 is 0. The highest BCUT2D eigenvalue weighted by atomic mass is 19.4. The van der Waals surface area contributed by atoms with E-state index in [4.69, 9.17) is 0 Å². The Hall–Kier alpha value is -1.52. The van der Waals surface area contributed by atoms with Crippen molar-refractivity contribution in [2.75, 3.05) is 0 Å². The lowest BCUT2D eigenvalue weighted by Gasteiger charge is -2.06. The smallest absolute Gasteiger partial charge is 0.454 e. The Bertz CT molecular complexity index is 306. The number of ether oxygens (including phenoxy) is 1. The summed E-state index contributed by atoms with van der Waals surface area (Å²) in [6.45, 7) is -0.382. The Morgan fingerprint density at radius 3 is 2.43 bits per heavy atom. The van der Waals surface area contributed by atoms with Crippen LogP contribution < -0.4 is 0 Å². The fourth-order valence-corrected chi connectivity index (χ4v) is 0.748. The van der Waals surface area contributed by atoms with Crippen molar-refractivity contribution in [1.82, 2.24) is 0 Å². The minimum absolute atomic E-state index is 0.382. The van der Waals surface area contributed by atoms with Crippen LogP contribution in [0.25, 0.3) is 0 Å². The number of hydrogen-bond donors (Lipinski definition) is 0. The molecule has 1 rings (SSSR count). The molecular formula is C9H6F3O2. The van der Waals surface area contributed by atoms with E-state index in [0.29, 0.717) is 5.56 Å². The Labute approximate surface area is 78.3 Å². The molecule has 14 heavy (non-hydrogen) atoms. The number of carbonyl (C=O) groups excluding carboxylic acids is 1. The molecule has 0 saturated carbocycles. The molecule has 1 aromatic rings. The lowest BCUT2D eigenvalue weighted by molar-refractivity contribution is -0.201. The first-order chi connectivity index (χ1) is 6.50. The summed E-state index contributed by atoms with van der Waals surface area (Å²) in [6.07, 6.45) is -4.93. The molecule has 0 aliphatic heterocycles. The second-order valence-electron chi connectivity index (χ2n) is 2.48. The molecule has 75 valence electrons. The molecule has 0 aromatic heterocycles. The van der Waals surface area contributed by atoms with Gasteiger partial charge in [0, 0.05) is 0 Å². The SMILES string of the molecule is O=C(OCc1cc[c]cc1)C(F)(F)F. The van der Waals surface area contributed by atoms with Crippen LogP contribution in [0.2, 0.25) is 0 Å². The average Bonchev–Trinajstić information content (AvgIpc) is 2.14. The van der Waals surface area contributed by atoms with E-state index >= 15 is 0 Å². The Morgan fingerprint density at radius 2 is 1.93 bits per heavy atom. The predicted molar refractivity (Wildman–Crippen MR) is 41.1 cm³/mol. The van der Waals surface area contributed by atoms with Crippen molar-refractivity contribution in [2.24, 2.45) is 0 Å². The third-order valence-electron chi connectivity index (χ3n) is 1.39. The standard InChI is InChI=1S/C9H6F3O2/c10-9(11,12)8(13)14-6-7-4-2-1-3-5-7/h2-5H,6H2. The van der Waals surface area contributed by atoms with E-state index in [2.05, 4.69) is 10.8 Å². The summed E-state index contributed by atoms with van der Waals surface area (Å²) in [5.41, 5.74) is 0.487. The highest BCUT2D eigenvalue weighted by molar-refractivity contribution is 5.75. The van der Waals surface area contributed by atoms with E-state index in [-0.39, 0.29) is 6.61 Å². The van der Waals surface area contributed by atoms with Crippen molar-refractivity contribution in [2.45, 2.75) is 12.8 Å². The summed E-state index contributed by atoms with van der Waals surface area (Å²) in [5.74, 6) is -2.18. The van der Waals surface area contributed by atoms with Gasteiger partial charge in [0.25, 0.3) is 0 Å². The highest BCUT2D eigenvalue weighted by Gasteiger charge is 2.40. The lowest BCUT2D eigenvalue weighted by atomic mass is 10.2. The van der Waals surface area contributed by atoms with Crippen molar-refractivity contribution < 1.29 is 22.7 Å². The maximum Gasteiger partial charge on any atom is 0.490 e. The van der Waals surface area contributed by atoms with E-state index in [1.54, 1.807) is 0 Å². The molecule has 0 fully saturated rings. The van der Waals surface area contributed by atoms with Crippen molar-refractivity contribution in [3.05, 3.63) is 35.9 Å². The molecule has 0 bridgehead atoms. The normalized spacial score (nSPS) is 11.1. The summed E-state index contributed by atoms with van der Waals surface area (Å²) in [4.78, 5) is 10.3. The van der Waals surface area contributed by atoms with Crippen LogP contribution in [-0.4, -0.2) is 12.1 Å². The number of halogens is 3. The first-order valence-electron chi connectivity index (χ1n) is 3.69. The topological polar surface area (TPSA) is 26.3 Å². The van der Waals surface area contributed by atoms with Gasteiger partial charge in [-0.3, -0.25) is 0 Å². The van der Waals surface area contributed by atoms with E-state index in [1.165, 1.54) is 24.3 Å². The van der Waals surface area contributed by atoms with Crippen molar-refractivity contribution >= 4 is 5.97 Å². The van der Waals surface area contributed by atoms with Crippen LogP contribution in [0.15, 0.2) is 24.3 Å². The monoisotopic (exact) mass is 203 g/mol. The summed E-state index contributed by atoms with van der Waals surface area (Å²) < 4.78 is 39.0. The zero-order valence-corrected chi connectivity index (χ0v) is 6.97. The van der Waals surface area contributed by atoms with Crippen LogP contribution >= 0.6 is 0 Å². The molecule has 0 N–H and O–H groups in total. The van der Waals surface area contributed by atoms with Crippen molar-refractivity contribution in [3.63, 3.8) is 0 Å². The quantitative estimate of drug-likeness (QED) is 0.688. The predicted octanol–water partition coefficient (Wildman–Crippen LogP) is 2.09. The van der Waals surface area contributed by atoms with Crippen LogP contribution in [0.3, 0.4) is 0 Å². The summed E-state index contributed by atoms with van der Waals surface area (Å²) in [5, 5.41) is 0. The van der Waals surface area contributed by atoms with E-state index in [9.17, 15) is 18.0 Å². The molecule has 0 unspecified atom stereocenters. The van der Waals surface area contributed by atoms with Crippen molar-refractivity contribution in [3.8, 4) is 0 Å². The first kappa shape index (κ1) is 10.6. The summed E-state index contributed by atoms with van der Waals surface area (Å²) in [7, 11) is 0. The number of alkyl halides is 3. The molecule has 0 atom stereocenters. The Balaban J connectivity index is 2.46. The van der Waals surface area contributed by atoms with Gasteiger partial charge in [-0.2, -0.15) is 13.2 Å². The third-order valence-corrected chi connectivity index (χ3v) is 1.39. The van der Waals surface area contributed by atoms with Crippen LogP contribution in [-0.2, 0) is 16.1 Å². The first-order valence-corrected chi connectivity index (χ1v) is 3.69. The molecule has 0 spiro atoms. The third kappa shape index (κ3) is 3.08. The molecule has 1 radical (unpaired) electrons. The van der Waals surface area contributed by atoms with Gasteiger partial charge in [0.1, 0.15) is 6.61 Å². The van der Waals surface area contributed by atoms with Gasteiger partial charge in [-0.1, -0.05) is 24.3 Å². The molecule has 0 aliphatic rings. The lowest BCUT2D eigenvalue weighted by Crippen LogP contribution is -2.25. The zero-order valence-electron chi connectivity index (χ0n) is 6.97. The van der Waals surface area contributed by atoms with Gasteiger partial charge in [0.2, 0.25) is 0 Å². The molecule has 0 heterocycles. The van der Waals surface area contributed by atoms with Gasteiger partial charge < -0.3 is 4.74 Å². The fourth-order valence-electron chi connectivity index (χ4n) is 0.748. The van der Waals surface area contributed by atoms with Crippen LogP contribution in [0, 0.1) is 6.07 Å². The minimum atomic E-state index is -4.93. The van der Waals surface area contributed by atoms with Crippen LogP contribution in [0.1, 0.15) is 5.56 Å². The van der Waals surface area contributed by atoms with Crippen LogP contribution in [0.5, 0.6) is 0 Å². The maximum absolute atomic E-state index is 11.7. The largest absolute Gasteiger partial charge is 0.490 e. The van der Waals surface area contributed by atoms with Crippen LogP contribution in [0.4, 0.5) is 13.2 Å². The molecule has 2 nitrogen and oxygen atoms in total. The summed E-state index contributed by atoms with van der Waals surface area (Å²) in [6, 6.07) is 8.77. The second kappa shape index (κ2) is 4.13. The molecule has 1 aromatic carbocycles. The number of hydrogen-bond acceptors (Lipinski definition) is 2. The van der Waals surface area contributed by atoms with Gasteiger partial charge in [0.05, 0.1) is 0 Å². The minimum Gasteiger partial charge on any atom is -0.454 e. The van der Waals surface area contributed by atoms with Gasteiger partial charge >= 0.3 is 12.1 Å². The Kier molecular flexibility index (Phi) is 3.11. The van der Waals surface area contributed by atoms with Gasteiger partial charge in [-0.05, 0) is 11.6 Å². The van der Waals surface area contributed by atoms with E-state index < -0.39 is 12.1 Å². The number of rotatable bonds is 2. The molecular weight excluding hydrogens is 197 g/mol. The molecule has 5 heteroatoms. The Morgan fingerprint density at radius 1 is 1.36 bits per heavy atom. The van der Waals surface area contributed by atoms with E-state index in [0.717, 1.165) is 0 Å². The van der Waals surface area contributed by atoms with Crippen molar-refractivity contribution in [1.29, 1.82) is 0 Å². The van der Waals surface area contributed by atoms with Gasteiger partial charge in [0.15, 0.2) is 0 Å². The van der Waals surface area contributed by atoms with Gasteiger partial charge in [-0.15, -0.1) is 0 Å². The second-order valence-corrected chi connectivity index (χ2v) is 2.48. The van der Waals surface area contributed by atoms with Gasteiger partial charge in [-0.25, -0.2) is 4.79 Å². The average molecular weight is 203 g/mol. The highest BCUT2D eigenvalue weighted by Crippen LogP contribution is 2.17.